The Labute approximate surface area is 265 Å². The van der Waals surface area contributed by atoms with E-state index in [0.29, 0.717) is 25.3 Å². The Balaban J connectivity index is 0.975. The molecule has 0 radical (unpaired) electrons. The van der Waals surface area contributed by atoms with Crippen LogP contribution >= 0.6 is 0 Å². The summed E-state index contributed by atoms with van der Waals surface area (Å²) >= 11 is 0. The zero-order valence-corrected chi connectivity index (χ0v) is 25.5. The van der Waals surface area contributed by atoms with Gasteiger partial charge in [-0.15, -0.1) is 0 Å². The summed E-state index contributed by atoms with van der Waals surface area (Å²) in [5.74, 6) is 5.04. The minimum absolute atomic E-state index is 0.0745. The number of piperidine rings is 1. The van der Waals surface area contributed by atoms with Crippen molar-refractivity contribution in [3.05, 3.63) is 71.0 Å². The molecule has 0 aliphatic carbocycles. The van der Waals surface area contributed by atoms with Crippen molar-refractivity contribution in [2.45, 2.75) is 51.1 Å². The highest BCUT2D eigenvalue weighted by atomic mass is 16.5. The average Bonchev–Trinajstić information content (AvgIpc) is 3.60. The maximum Gasteiger partial charge on any atom is 0.262 e. The molecule has 7 rings (SSSR count). The summed E-state index contributed by atoms with van der Waals surface area (Å²) in [7, 11) is 0. The molecule has 2 N–H and O–H groups in total. The van der Waals surface area contributed by atoms with Crippen LogP contribution < -0.4 is 20.3 Å². The number of hydrogen-bond donors (Lipinski definition) is 2. The molecule has 0 spiro atoms. The highest BCUT2D eigenvalue weighted by molar-refractivity contribution is 6.23. The molecular formula is C34H32N6O6. The molecule has 1 aromatic heterocycles. The van der Waals surface area contributed by atoms with Crippen molar-refractivity contribution in [1.29, 1.82) is 0 Å². The quantitative estimate of drug-likeness (QED) is 0.327. The Morgan fingerprint density at radius 1 is 1.07 bits per heavy atom. The van der Waals surface area contributed by atoms with E-state index in [2.05, 4.69) is 32.5 Å². The molecule has 3 aromatic rings. The zero-order chi connectivity index (χ0) is 32.2. The molecule has 5 amide bonds. The first-order chi connectivity index (χ1) is 22.1. The molecule has 2 saturated heterocycles. The van der Waals surface area contributed by atoms with Gasteiger partial charge in [0.1, 0.15) is 17.3 Å². The first kappa shape index (κ1) is 29.3. The van der Waals surface area contributed by atoms with Crippen LogP contribution in [0.25, 0.3) is 0 Å². The van der Waals surface area contributed by atoms with Gasteiger partial charge in [0.25, 0.3) is 17.7 Å². The number of amides is 5. The number of anilines is 2. The molecule has 12 nitrogen and oxygen atoms in total. The molecule has 46 heavy (non-hydrogen) atoms. The smallest absolute Gasteiger partial charge is 0.262 e. The van der Waals surface area contributed by atoms with E-state index in [9.17, 15) is 24.0 Å². The maximum absolute atomic E-state index is 13.3. The SMILES string of the molecule is CC(C)(C(=O)Nc1cccc2c1CCCO2)n1cc(C#CC2CN(c3ccc4c(c3)C(=O)N(C3CCC(=O)NC3=O)C4=O)C2)cn1. The fourth-order valence-electron chi connectivity index (χ4n) is 6.20. The third-order valence-corrected chi connectivity index (χ3v) is 9.01. The predicted octanol–water partition coefficient (Wildman–Crippen LogP) is 2.47. The Kier molecular flexibility index (Phi) is 7.11. The number of fused-ring (bicyclic) bond motifs is 2. The Morgan fingerprint density at radius 3 is 2.67 bits per heavy atom. The molecular weight excluding hydrogens is 588 g/mol. The van der Waals surface area contributed by atoms with Gasteiger partial charge in [-0.3, -0.25) is 38.9 Å². The van der Waals surface area contributed by atoms with Gasteiger partial charge < -0.3 is 15.0 Å². The van der Waals surface area contributed by atoms with E-state index in [0.717, 1.165) is 40.4 Å². The number of carbonyl (C=O) groups excluding carboxylic acids is 5. The lowest BCUT2D eigenvalue weighted by Crippen LogP contribution is -2.54. The third kappa shape index (κ3) is 5.07. The van der Waals surface area contributed by atoms with E-state index in [1.807, 2.05) is 18.2 Å². The number of rotatable bonds is 5. The van der Waals surface area contributed by atoms with E-state index in [1.165, 1.54) is 0 Å². The maximum atomic E-state index is 13.3. The number of ether oxygens (including phenoxy) is 1. The normalized spacial score (nSPS) is 19.4. The number of benzene rings is 2. The topological polar surface area (TPSA) is 143 Å². The molecule has 0 bridgehead atoms. The Bertz CT molecular complexity index is 1880. The number of imide groups is 2. The van der Waals surface area contributed by atoms with Gasteiger partial charge in [0.2, 0.25) is 11.8 Å². The van der Waals surface area contributed by atoms with Crippen LogP contribution in [0.15, 0.2) is 48.8 Å². The molecule has 1 unspecified atom stereocenters. The van der Waals surface area contributed by atoms with Gasteiger partial charge in [-0.25, -0.2) is 0 Å². The van der Waals surface area contributed by atoms with Crippen molar-refractivity contribution in [2.24, 2.45) is 5.92 Å². The van der Waals surface area contributed by atoms with E-state index in [1.54, 1.807) is 49.1 Å². The van der Waals surface area contributed by atoms with Crippen molar-refractivity contribution >= 4 is 40.9 Å². The van der Waals surface area contributed by atoms with Crippen LogP contribution in [-0.2, 0) is 26.3 Å². The minimum atomic E-state index is -0.995. The van der Waals surface area contributed by atoms with Crippen LogP contribution in [0.1, 0.15) is 65.0 Å². The molecule has 4 aliphatic heterocycles. The van der Waals surface area contributed by atoms with Gasteiger partial charge >= 0.3 is 0 Å². The second-order valence-corrected chi connectivity index (χ2v) is 12.5. The summed E-state index contributed by atoms with van der Waals surface area (Å²) in [4.78, 5) is 66.4. The van der Waals surface area contributed by atoms with E-state index < -0.39 is 35.2 Å². The molecule has 234 valence electrons. The monoisotopic (exact) mass is 620 g/mol. The van der Waals surface area contributed by atoms with Crippen LogP contribution in [0.3, 0.4) is 0 Å². The van der Waals surface area contributed by atoms with Gasteiger partial charge in [0.05, 0.1) is 35.4 Å². The zero-order valence-electron chi connectivity index (χ0n) is 25.5. The van der Waals surface area contributed by atoms with E-state index in [4.69, 9.17) is 4.74 Å². The second kappa shape index (κ2) is 11.2. The number of carbonyl (C=O) groups is 5. The molecule has 4 aliphatic rings. The van der Waals surface area contributed by atoms with Crippen molar-refractivity contribution in [3.8, 4) is 17.6 Å². The summed E-state index contributed by atoms with van der Waals surface area (Å²) in [6.45, 7) is 5.56. The lowest BCUT2D eigenvalue weighted by atomic mass is 9.98. The number of nitrogens with zero attached hydrogens (tertiary/aromatic N) is 4. The summed E-state index contributed by atoms with van der Waals surface area (Å²) in [5.41, 5.74) is 2.78. The molecule has 2 fully saturated rings. The molecule has 5 heterocycles. The third-order valence-electron chi connectivity index (χ3n) is 9.01. The highest BCUT2D eigenvalue weighted by Gasteiger charge is 2.45. The van der Waals surface area contributed by atoms with Crippen LogP contribution in [-0.4, -0.2) is 70.0 Å². The van der Waals surface area contributed by atoms with Crippen molar-refractivity contribution in [1.82, 2.24) is 20.0 Å². The number of hydrogen-bond acceptors (Lipinski definition) is 8. The summed E-state index contributed by atoms with van der Waals surface area (Å²) in [6, 6.07) is 9.77. The van der Waals surface area contributed by atoms with Crippen molar-refractivity contribution in [3.63, 3.8) is 0 Å². The molecule has 1 atom stereocenters. The van der Waals surface area contributed by atoms with E-state index >= 15 is 0 Å². The Hall–Kier alpha value is -5.44. The second-order valence-electron chi connectivity index (χ2n) is 12.5. The standard InChI is InChI=1S/C34H32N6O6/c1-34(2,33(45)36-26-6-3-7-28-24(26)5-4-14-46-28)39-19-20(16-35-39)8-9-21-17-38(18-21)22-10-11-23-25(15-22)32(44)40(31(23)43)27-12-13-29(41)37-30(27)42/h3,6-7,10-11,15-16,19,21,27H,4-5,12-14,17-18H2,1-2H3,(H,36,45)(H,37,41,42). The highest BCUT2D eigenvalue weighted by Crippen LogP contribution is 2.34. The fourth-order valence-corrected chi connectivity index (χ4v) is 6.20. The van der Waals surface area contributed by atoms with Crippen LogP contribution in [0.2, 0.25) is 0 Å². The summed E-state index contributed by atoms with van der Waals surface area (Å²) in [6.07, 6.45) is 5.36. The molecule has 2 aromatic carbocycles. The van der Waals surface area contributed by atoms with Crippen LogP contribution in [0.5, 0.6) is 5.75 Å². The van der Waals surface area contributed by atoms with Gasteiger partial charge in [-0.05, 0) is 63.4 Å². The summed E-state index contributed by atoms with van der Waals surface area (Å²) in [5, 5.41) is 9.70. The number of nitrogens with one attached hydrogen (secondary N) is 2. The Morgan fingerprint density at radius 2 is 1.87 bits per heavy atom. The first-order valence-corrected chi connectivity index (χ1v) is 15.3. The molecule has 0 saturated carbocycles. The minimum Gasteiger partial charge on any atom is -0.493 e. The van der Waals surface area contributed by atoms with Crippen molar-refractivity contribution in [2.75, 3.05) is 29.9 Å². The fraction of sp³-hybridized carbons (Fsp3) is 0.353. The number of aromatic nitrogens is 2. The largest absolute Gasteiger partial charge is 0.493 e. The average molecular weight is 621 g/mol. The first-order valence-electron chi connectivity index (χ1n) is 15.3. The van der Waals surface area contributed by atoms with Crippen molar-refractivity contribution < 1.29 is 28.7 Å². The van der Waals surface area contributed by atoms with E-state index in [-0.39, 0.29) is 35.8 Å². The van der Waals surface area contributed by atoms with Crippen LogP contribution in [0, 0.1) is 17.8 Å². The van der Waals surface area contributed by atoms with Gasteiger partial charge in [-0.2, -0.15) is 5.10 Å². The lowest BCUT2D eigenvalue weighted by Gasteiger charge is -2.38. The van der Waals surface area contributed by atoms with Gasteiger partial charge in [-0.1, -0.05) is 17.9 Å². The predicted molar refractivity (Wildman–Crippen MR) is 166 cm³/mol. The van der Waals surface area contributed by atoms with Crippen LogP contribution in [0.4, 0.5) is 11.4 Å². The molecule has 12 heteroatoms. The van der Waals surface area contributed by atoms with Gasteiger partial charge in [0.15, 0.2) is 0 Å². The summed E-state index contributed by atoms with van der Waals surface area (Å²) < 4.78 is 7.35. The van der Waals surface area contributed by atoms with Gasteiger partial charge in [0, 0.05) is 42.6 Å². The lowest BCUT2D eigenvalue weighted by molar-refractivity contribution is -0.136.